The number of likely N-dealkylation sites (tertiary alicyclic amines) is 1. The second kappa shape index (κ2) is 6.97. The lowest BCUT2D eigenvalue weighted by Gasteiger charge is -2.48. The lowest BCUT2D eigenvalue weighted by molar-refractivity contribution is 0.0172. The lowest BCUT2D eigenvalue weighted by atomic mass is 9.67. The van der Waals surface area contributed by atoms with Crippen molar-refractivity contribution in [3.63, 3.8) is 0 Å². The molecule has 0 bridgehead atoms. The Morgan fingerprint density at radius 1 is 1.19 bits per heavy atom. The van der Waals surface area contributed by atoms with Gasteiger partial charge in [0.05, 0.1) is 0 Å². The van der Waals surface area contributed by atoms with E-state index in [9.17, 15) is 0 Å². The molecule has 1 aliphatic carbocycles. The largest absolute Gasteiger partial charge is 0.330 e. The van der Waals surface area contributed by atoms with Crippen LogP contribution in [0.1, 0.15) is 52.9 Å². The smallest absolute Gasteiger partial charge is 0.0223 e. The number of nitrogens with two attached hydrogens (primary N) is 1. The van der Waals surface area contributed by atoms with Crippen molar-refractivity contribution in [2.75, 3.05) is 33.7 Å². The Hall–Kier alpha value is -0.120. The molecule has 4 unspecified atom stereocenters. The minimum atomic E-state index is 0.433. The maximum atomic E-state index is 6.11. The number of likely N-dealkylation sites (N-methyl/N-ethyl adjacent to an activating group) is 2. The van der Waals surface area contributed by atoms with Crippen LogP contribution < -0.4 is 5.73 Å². The van der Waals surface area contributed by atoms with Crippen molar-refractivity contribution in [3.05, 3.63) is 0 Å². The fourth-order valence-corrected chi connectivity index (χ4v) is 4.51. The molecule has 1 heterocycles. The lowest BCUT2D eigenvalue weighted by Crippen LogP contribution is -2.54. The van der Waals surface area contributed by atoms with Gasteiger partial charge in [-0.3, -0.25) is 4.90 Å². The highest BCUT2D eigenvalue weighted by Crippen LogP contribution is 2.41. The first-order valence-corrected chi connectivity index (χ1v) is 8.93. The molecule has 0 radical (unpaired) electrons. The second-order valence-corrected chi connectivity index (χ2v) is 8.66. The van der Waals surface area contributed by atoms with Gasteiger partial charge in [0.15, 0.2) is 0 Å². The van der Waals surface area contributed by atoms with Gasteiger partial charge in [-0.15, -0.1) is 0 Å². The summed E-state index contributed by atoms with van der Waals surface area (Å²) in [5.41, 5.74) is 6.54. The Balaban J connectivity index is 2.05. The maximum absolute atomic E-state index is 6.11. The van der Waals surface area contributed by atoms with Crippen molar-refractivity contribution in [3.8, 4) is 0 Å². The molecule has 2 rings (SSSR count). The summed E-state index contributed by atoms with van der Waals surface area (Å²) in [6.07, 6.45) is 6.71. The molecule has 1 saturated heterocycles. The van der Waals surface area contributed by atoms with E-state index in [0.717, 1.165) is 18.5 Å². The zero-order chi connectivity index (χ0) is 15.6. The molecular weight excluding hydrogens is 258 g/mol. The molecular formula is C18H37N3. The van der Waals surface area contributed by atoms with Gasteiger partial charge in [-0.1, -0.05) is 20.8 Å². The fourth-order valence-electron chi connectivity index (χ4n) is 4.51. The molecule has 2 aliphatic rings. The molecule has 1 saturated carbocycles. The molecule has 0 spiro atoms. The van der Waals surface area contributed by atoms with Crippen LogP contribution in [-0.2, 0) is 0 Å². The third kappa shape index (κ3) is 4.20. The molecule has 0 aromatic rings. The molecule has 21 heavy (non-hydrogen) atoms. The SMILES string of the molecule is CN1CCCC(N(C)C2CC(C(C)(C)C)CCC2CN)C1. The van der Waals surface area contributed by atoms with E-state index in [0.29, 0.717) is 17.4 Å². The number of nitrogens with zero attached hydrogens (tertiary/aromatic N) is 2. The standard InChI is InChI=1S/C18H37N3/c1-18(2,3)15-9-8-14(12-19)17(11-15)21(5)16-7-6-10-20(4)13-16/h14-17H,6-13,19H2,1-5H3. The molecule has 3 heteroatoms. The third-order valence-corrected chi connectivity index (χ3v) is 6.18. The zero-order valence-corrected chi connectivity index (χ0v) is 14.9. The van der Waals surface area contributed by atoms with E-state index in [4.69, 9.17) is 5.73 Å². The van der Waals surface area contributed by atoms with Crippen molar-refractivity contribution < 1.29 is 0 Å². The Morgan fingerprint density at radius 2 is 1.90 bits per heavy atom. The zero-order valence-electron chi connectivity index (χ0n) is 14.9. The van der Waals surface area contributed by atoms with Crippen molar-refractivity contribution in [2.24, 2.45) is 23.0 Å². The van der Waals surface area contributed by atoms with Crippen molar-refractivity contribution in [2.45, 2.75) is 65.0 Å². The normalized spacial score (nSPS) is 36.1. The van der Waals surface area contributed by atoms with Gasteiger partial charge in [-0.05, 0) is 76.5 Å². The summed E-state index contributed by atoms with van der Waals surface area (Å²) in [5.74, 6) is 1.54. The first kappa shape index (κ1) is 17.2. The van der Waals surface area contributed by atoms with Crippen LogP contribution in [0.5, 0.6) is 0 Å². The van der Waals surface area contributed by atoms with Crippen molar-refractivity contribution in [1.29, 1.82) is 0 Å². The van der Waals surface area contributed by atoms with Crippen LogP contribution in [0.25, 0.3) is 0 Å². The van der Waals surface area contributed by atoms with Gasteiger partial charge in [0.1, 0.15) is 0 Å². The Bertz CT molecular complexity index is 323. The van der Waals surface area contributed by atoms with Gasteiger partial charge < -0.3 is 10.6 Å². The molecule has 2 fully saturated rings. The van der Waals surface area contributed by atoms with Gasteiger partial charge in [0, 0.05) is 18.6 Å². The van der Waals surface area contributed by atoms with Gasteiger partial charge in [0.2, 0.25) is 0 Å². The van der Waals surface area contributed by atoms with Gasteiger partial charge >= 0.3 is 0 Å². The molecule has 3 nitrogen and oxygen atoms in total. The monoisotopic (exact) mass is 295 g/mol. The van der Waals surface area contributed by atoms with E-state index < -0.39 is 0 Å². The van der Waals surface area contributed by atoms with Gasteiger partial charge in [-0.2, -0.15) is 0 Å². The summed E-state index contributed by atoms with van der Waals surface area (Å²) in [6.45, 7) is 10.6. The first-order chi connectivity index (χ1) is 9.82. The molecule has 0 aromatic heterocycles. The molecule has 2 N–H and O–H groups in total. The highest BCUT2D eigenvalue weighted by Gasteiger charge is 2.39. The van der Waals surface area contributed by atoms with Crippen molar-refractivity contribution in [1.82, 2.24) is 9.80 Å². The fraction of sp³-hybridized carbons (Fsp3) is 1.00. The number of piperidine rings is 1. The predicted molar refractivity (Wildman–Crippen MR) is 91.4 cm³/mol. The van der Waals surface area contributed by atoms with Gasteiger partial charge in [0.25, 0.3) is 0 Å². The summed E-state index contributed by atoms with van der Waals surface area (Å²) in [4.78, 5) is 5.19. The second-order valence-electron chi connectivity index (χ2n) is 8.66. The molecule has 4 atom stereocenters. The highest BCUT2D eigenvalue weighted by molar-refractivity contribution is 4.93. The minimum absolute atomic E-state index is 0.433. The third-order valence-electron chi connectivity index (χ3n) is 6.18. The average Bonchev–Trinajstić information content (AvgIpc) is 2.44. The molecule has 1 aliphatic heterocycles. The molecule has 0 amide bonds. The van der Waals surface area contributed by atoms with E-state index in [1.807, 2.05) is 0 Å². The van der Waals surface area contributed by atoms with E-state index in [-0.39, 0.29) is 0 Å². The van der Waals surface area contributed by atoms with Crippen LogP contribution in [0.3, 0.4) is 0 Å². The Morgan fingerprint density at radius 3 is 2.48 bits per heavy atom. The summed E-state index contributed by atoms with van der Waals surface area (Å²) < 4.78 is 0. The van der Waals surface area contributed by atoms with Crippen LogP contribution in [0.4, 0.5) is 0 Å². The molecule has 124 valence electrons. The predicted octanol–water partition coefficient (Wildman–Crippen LogP) is 2.80. The van der Waals surface area contributed by atoms with E-state index in [2.05, 4.69) is 44.7 Å². The number of rotatable bonds is 3. The number of hydrogen-bond donors (Lipinski definition) is 1. The number of hydrogen-bond acceptors (Lipinski definition) is 3. The van der Waals surface area contributed by atoms with Crippen LogP contribution in [-0.4, -0.2) is 55.6 Å². The maximum Gasteiger partial charge on any atom is 0.0223 e. The van der Waals surface area contributed by atoms with Crippen molar-refractivity contribution >= 4 is 0 Å². The summed E-state index contributed by atoms with van der Waals surface area (Å²) in [7, 11) is 4.63. The summed E-state index contributed by atoms with van der Waals surface area (Å²) in [5, 5.41) is 0. The highest BCUT2D eigenvalue weighted by atomic mass is 15.2. The first-order valence-electron chi connectivity index (χ1n) is 8.93. The van der Waals surface area contributed by atoms with Crippen LogP contribution in [0.2, 0.25) is 0 Å². The van der Waals surface area contributed by atoms with Crippen LogP contribution >= 0.6 is 0 Å². The summed E-state index contributed by atoms with van der Waals surface area (Å²) in [6, 6.07) is 1.41. The van der Waals surface area contributed by atoms with E-state index in [1.165, 1.54) is 45.2 Å². The van der Waals surface area contributed by atoms with Gasteiger partial charge in [-0.25, -0.2) is 0 Å². The van der Waals surface area contributed by atoms with E-state index in [1.54, 1.807) is 0 Å². The Labute approximate surface area is 132 Å². The Kier molecular flexibility index (Phi) is 5.72. The quantitative estimate of drug-likeness (QED) is 0.869. The van der Waals surface area contributed by atoms with Crippen LogP contribution in [0, 0.1) is 17.3 Å². The topological polar surface area (TPSA) is 32.5 Å². The minimum Gasteiger partial charge on any atom is -0.330 e. The molecule has 0 aromatic carbocycles. The average molecular weight is 296 g/mol. The summed E-state index contributed by atoms with van der Waals surface area (Å²) >= 11 is 0. The van der Waals surface area contributed by atoms with E-state index >= 15 is 0 Å². The van der Waals surface area contributed by atoms with Crippen LogP contribution in [0.15, 0.2) is 0 Å².